The van der Waals surface area contributed by atoms with Crippen molar-refractivity contribution in [1.29, 1.82) is 0 Å². The number of hydrogen-bond acceptors (Lipinski definition) is 0. The standard InChI is InChI=1S/C10H14ClN/c1-9(12-8-7-11)10-5-3-2-4-6-10/h2-6,9,12H,7-8H2,1H3/p+1. The molecular formula is C10H15ClN+. The third-order valence-electron chi connectivity index (χ3n) is 1.95. The number of halogens is 1. The van der Waals surface area contributed by atoms with Crippen LogP contribution >= 0.6 is 11.6 Å². The number of nitrogens with two attached hydrogens (primary N) is 1. The van der Waals surface area contributed by atoms with Gasteiger partial charge in [-0.25, -0.2) is 0 Å². The highest BCUT2D eigenvalue weighted by Gasteiger charge is 2.05. The fourth-order valence-corrected chi connectivity index (χ4v) is 1.33. The second-order valence-electron chi connectivity index (χ2n) is 2.91. The average Bonchev–Trinajstić information content (AvgIpc) is 2.15. The molecule has 0 aliphatic heterocycles. The number of hydrogen-bond donors (Lipinski definition) is 1. The Morgan fingerprint density at radius 2 is 2.00 bits per heavy atom. The van der Waals surface area contributed by atoms with Gasteiger partial charge >= 0.3 is 0 Å². The van der Waals surface area contributed by atoms with E-state index in [0.29, 0.717) is 6.04 Å². The molecule has 0 saturated carbocycles. The number of quaternary nitrogens is 1. The predicted octanol–water partition coefficient (Wildman–Crippen LogP) is 1.55. The summed E-state index contributed by atoms with van der Waals surface area (Å²) in [5.74, 6) is 0.719. The molecule has 0 bridgehead atoms. The maximum atomic E-state index is 5.60. The molecule has 1 nitrogen and oxygen atoms in total. The molecule has 0 saturated heterocycles. The van der Waals surface area contributed by atoms with Gasteiger partial charge in [-0.05, 0) is 6.92 Å². The van der Waals surface area contributed by atoms with Crippen LogP contribution in [0.1, 0.15) is 18.5 Å². The molecule has 0 heterocycles. The maximum Gasteiger partial charge on any atom is 0.109 e. The monoisotopic (exact) mass is 184 g/mol. The third kappa shape index (κ3) is 2.84. The maximum absolute atomic E-state index is 5.60. The van der Waals surface area contributed by atoms with E-state index in [4.69, 9.17) is 11.6 Å². The van der Waals surface area contributed by atoms with Crippen LogP contribution in [-0.2, 0) is 0 Å². The Bertz CT molecular complexity index is 210. The van der Waals surface area contributed by atoms with Crippen molar-refractivity contribution in [1.82, 2.24) is 0 Å². The van der Waals surface area contributed by atoms with Crippen LogP contribution in [0.25, 0.3) is 0 Å². The van der Waals surface area contributed by atoms with Crippen molar-refractivity contribution in [3.05, 3.63) is 35.9 Å². The summed E-state index contributed by atoms with van der Waals surface area (Å²) in [5.41, 5.74) is 1.36. The van der Waals surface area contributed by atoms with Crippen LogP contribution in [0.2, 0.25) is 0 Å². The molecule has 0 amide bonds. The van der Waals surface area contributed by atoms with Gasteiger partial charge in [0.05, 0.1) is 12.4 Å². The predicted molar refractivity (Wildman–Crippen MR) is 52.4 cm³/mol. The van der Waals surface area contributed by atoms with Gasteiger partial charge in [0.15, 0.2) is 0 Å². The van der Waals surface area contributed by atoms with E-state index in [1.807, 2.05) is 6.07 Å². The zero-order valence-corrected chi connectivity index (χ0v) is 8.09. The largest absolute Gasteiger partial charge is 0.339 e. The molecule has 0 radical (unpaired) electrons. The van der Waals surface area contributed by atoms with Crippen LogP contribution in [0.15, 0.2) is 30.3 Å². The summed E-state index contributed by atoms with van der Waals surface area (Å²) in [6.07, 6.45) is 0. The number of alkyl halides is 1. The normalized spacial score (nSPS) is 12.8. The van der Waals surface area contributed by atoms with Gasteiger partial charge in [-0.1, -0.05) is 30.3 Å². The quantitative estimate of drug-likeness (QED) is 0.684. The van der Waals surface area contributed by atoms with Crippen molar-refractivity contribution in [3.8, 4) is 0 Å². The molecule has 2 N–H and O–H groups in total. The Morgan fingerprint density at radius 1 is 1.33 bits per heavy atom. The van der Waals surface area contributed by atoms with E-state index in [1.165, 1.54) is 5.56 Å². The van der Waals surface area contributed by atoms with Crippen LogP contribution in [0.3, 0.4) is 0 Å². The smallest absolute Gasteiger partial charge is 0.109 e. The molecule has 1 aromatic rings. The lowest BCUT2D eigenvalue weighted by Crippen LogP contribution is -2.85. The molecule has 0 fully saturated rings. The average molecular weight is 185 g/mol. The number of benzene rings is 1. The minimum absolute atomic E-state index is 0.518. The first kappa shape index (κ1) is 9.56. The van der Waals surface area contributed by atoms with E-state index < -0.39 is 0 Å². The van der Waals surface area contributed by atoms with Crippen molar-refractivity contribution in [3.63, 3.8) is 0 Å². The van der Waals surface area contributed by atoms with Gasteiger partial charge < -0.3 is 5.32 Å². The van der Waals surface area contributed by atoms with Crippen molar-refractivity contribution >= 4 is 11.6 Å². The molecule has 0 spiro atoms. The minimum Gasteiger partial charge on any atom is -0.339 e. The summed E-state index contributed by atoms with van der Waals surface area (Å²) in [6, 6.07) is 11.0. The molecule has 1 unspecified atom stereocenters. The van der Waals surface area contributed by atoms with Crippen molar-refractivity contribution in [2.75, 3.05) is 12.4 Å². The van der Waals surface area contributed by atoms with E-state index in [-0.39, 0.29) is 0 Å². The van der Waals surface area contributed by atoms with Crippen LogP contribution in [-0.4, -0.2) is 12.4 Å². The van der Waals surface area contributed by atoms with Gasteiger partial charge in [-0.15, -0.1) is 11.6 Å². The Morgan fingerprint density at radius 3 is 2.58 bits per heavy atom. The zero-order valence-electron chi connectivity index (χ0n) is 7.33. The van der Waals surface area contributed by atoms with Crippen LogP contribution in [0.5, 0.6) is 0 Å². The van der Waals surface area contributed by atoms with E-state index >= 15 is 0 Å². The van der Waals surface area contributed by atoms with Crippen LogP contribution in [0, 0.1) is 0 Å². The Kier molecular flexibility index (Phi) is 4.12. The van der Waals surface area contributed by atoms with Crippen molar-refractivity contribution in [2.24, 2.45) is 0 Å². The first-order valence-electron chi connectivity index (χ1n) is 4.29. The van der Waals surface area contributed by atoms with E-state index in [0.717, 1.165) is 12.4 Å². The molecular weight excluding hydrogens is 170 g/mol. The second kappa shape index (κ2) is 5.18. The summed E-state index contributed by atoms with van der Waals surface area (Å²) >= 11 is 5.60. The van der Waals surface area contributed by atoms with Gasteiger partial charge in [0.1, 0.15) is 6.04 Å². The first-order valence-corrected chi connectivity index (χ1v) is 4.82. The summed E-state index contributed by atoms with van der Waals surface area (Å²) in [4.78, 5) is 0. The van der Waals surface area contributed by atoms with Gasteiger partial charge in [-0.3, -0.25) is 0 Å². The van der Waals surface area contributed by atoms with E-state index in [9.17, 15) is 0 Å². The third-order valence-corrected chi connectivity index (χ3v) is 2.17. The van der Waals surface area contributed by atoms with Gasteiger partial charge in [-0.2, -0.15) is 0 Å². The van der Waals surface area contributed by atoms with Gasteiger partial charge in [0, 0.05) is 5.56 Å². The zero-order chi connectivity index (χ0) is 8.81. The highest BCUT2D eigenvalue weighted by atomic mass is 35.5. The molecule has 1 rings (SSSR count). The lowest BCUT2D eigenvalue weighted by atomic mass is 10.1. The molecule has 0 aromatic heterocycles. The molecule has 1 atom stereocenters. The summed E-state index contributed by atoms with van der Waals surface area (Å²) in [7, 11) is 0. The van der Waals surface area contributed by atoms with E-state index in [2.05, 4.69) is 36.5 Å². The summed E-state index contributed by atoms with van der Waals surface area (Å²) in [5, 5.41) is 2.25. The highest BCUT2D eigenvalue weighted by Crippen LogP contribution is 2.05. The molecule has 12 heavy (non-hydrogen) atoms. The SMILES string of the molecule is CC([NH2+]CCCl)c1ccccc1. The molecule has 2 heteroatoms. The summed E-state index contributed by atoms with van der Waals surface area (Å²) in [6.45, 7) is 3.18. The summed E-state index contributed by atoms with van der Waals surface area (Å²) < 4.78 is 0. The van der Waals surface area contributed by atoms with Crippen molar-refractivity contribution in [2.45, 2.75) is 13.0 Å². The fraction of sp³-hybridized carbons (Fsp3) is 0.400. The Balaban J connectivity index is 2.48. The minimum atomic E-state index is 0.518. The molecule has 1 aromatic carbocycles. The molecule has 0 aliphatic carbocycles. The van der Waals surface area contributed by atoms with Crippen LogP contribution in [0.4, 0.5) is 0 Å². The molecule has 0 aliphatic rings. The first-order chi connectivity index (χ1) is 5.84. The number of rotatable bonds is 4. The van der Waals surface area contributed by atoms with Crippen LogP contribution < -0.4 is 5.32 Å². The lowest BCUT2D eigenvalue weighted by molar-refractivity contribution is -0.689. The second-order valence-corrected chi connectivity index (χ2v) is 3.29. The fourth-order valence-electron chi connectivity index (χ4n) is 1.21. The van der Waals surface area contributed by atoms with E-state index in [1.54, 1.807) is 0 Å². The lowest BCUT2D eigenvalue weighted by Gasteiger charge is -2.08. The van der Waals surface area contributed by atoms with Gasteiger partial charge in [0.2, 0.25) is 0 Å². The Labute approximate surface area is 78.7 Å². The topological polar surface area (TPSA) is 16.6 Å². The van der Waals surface area contributed by atoms with Gasteiger partial charge in [0.25, 0.3) is 0 Å². The molecule has 66 valence electrons. The highest BCUT2D eigenvalue weighted by molar-refractivity contribution is 6.17. The van der Waals surface area contributed by atoms with Crippen molar-refractivity contribution < 1.29 is 5.32 Å². The Hall–Kier alpha value is -0.530.